The van der Waals surface area contributed by atoms with Gasteiger partial charge in [-0.3, -0.25) is 4.79 Å². The lowest BCUT2D eigenvalue weighted by atomic mass is 10.2. The fourth-order valence-electron chi connectivity index (χ4n) is 0.876. The average molecular weight is 195 g/mol. The Balaban J connectivity index is 2.61. The Morgan fingerprint density at radius 2 is 2.38 bits per heavy atom. The quantitative estimate of drug-likeness (QED) is 0.740. The lowest BCUT2D eigenvalue weighted by Crippen LogP contribution is -1.88. The molecule has 0 atom stereocenters. The Morgan fingerprint density at radius 1 is 1.62 bits per heavy atom. The van der Waals surface area contributed by atoms with Crippen LogP contribution < -0.4 is 4.74 Å². The van der Waals surface area contributed by atoms with E-state index in [0.717, 1.165) is 5.56 Å². The zero-order valence-electron chi connectivity index (χ0n) is 7.66. The van der Waals surface area contributed by atoms with Crippen LogP contribution in [0.3, 0.4) is 0 Å². The molecule has 2 nitrogen and oxygen atoms in total. The van der Waals surface area contributed by atoms with E-state index in [2.05, 4.69) is 6.07 Å². The van der Waals surface area contributed by atoms with Crippen molar-refractivity contribution in [1.29, 1.82) is 0 Å². The van der Waals surface area contributed by atoms with Crippen molar-refractivity contribution >= 4 is 16.9 Å². The Hall–Kier alpha value is -0.960. The maximum atomic E-state index is 10.7. The summed E-state index contributed by atoms with van der Waals surface area (Å²) in [5, 5.41) is 0.121. The van der Waals surface area contributed by atoms with Crippen molar-refractivity contribution in [3.05, 3.63) is 29.8 Å². The molecule has 69 valence electrons. The first kappa shape index (κ1) is 10.1. The molecule has 0 amide bonds. The van der Waals surface area contributed by atoms with E-state index < -0.39 is 0 Å². The van der Waals surface area contributed by atoms with Crippen molar-refractivity contribution in [2.75, 3.05) is 7.11 Å². The van der Waals surface area contributed by atoms with Gasteiger partial charge >= 0.3 is 0 Å². The number of carbonyl (C=O) groups excluding carboxylic acids is 1. The molecule has 0 heterocycles. The third-order valence-electron chi connectivity index (χ3n) is 1.48. The molecule has 0 aliphatic carbocycles. The maximum absolute atomic E-state index is 10.7. The molecule has 0 N–H and O–H groups in total. The second-order valence-corrected chi connectivity index (χ2v) is 3.68. The van der Waals surface area contributed by atoms with Crippen molar-refractivity contribution in [1.82, 2.24) is 0 Å². The monoisotopic (exact) mass is 195 g/mol. The van der Waals surface area contributed by atoms with Gasteiger partial charge in [0.05, 0.1) is 7.11 Å². The first-order valence-electron chi connectivity index (χ1n) is 3.91. The van der Waals surface area contributed by atoms with Gasteiger partial charge in [-0.1, -0.05) is 23.9 Å². The van der Waals surface area contributed by atoms with Gasteiger partial charge in [0.25, 0.3) is 0 Å². The van der Waals surface area contributed by atoms with Crippen LogP contribution in [0.15, 0.2) is 18.2 Å². The number of hydrogen-bond acceptors (Lipinski definition) is 3. The van der Waals surface area contributed by atoms with E-state index in [9.17, 15) is 4.79 Å². The SMILES string of the molecule is COc1[c]c(CSC(C)=O)ccc1. The summed E-state index contributed by atoms with van der Waals surface area (Å²) in [6.07, 6.45) is 0. The van der Waals surface area contributed by atoms with Crippen LogP contribution in [0.2, 0.25) is 0 Å². The summed E-state index contributed by atoms with van der Waals surface area (Å²) in [5.41, 5.74) is 0.986. The number of rotatable bonds is 3. The molecule has 1 radical (unpaired) electrons. The molecule has 0 saturated carbocycles. The van der Waals surface area contributed by atoms with Gasteiger partial charge in [0, 0.05) is 18.7 Å². The highest BCUT2D eigenvalue weighted by molar-refractivity contribution is 8.12. The molecule has 0 unspecified atom stereocenters. The molecule has 0 aliphatic heterocycles. The van der Waals surface area contributed by atoms with Gasteiger partial charge < -0.3 is 4.74 Å². The van der Waals surface area contributed by atoms with Crippen LogP contribution >= 0.6 is 11.8 Å². The maximum Gasteiger partial charge on any atom is 0.186 e. The fraction of sp³-hybridized carbons (Fsp3) is 0.300. The molecular weight excluding hydrogens is 184 g/mol. The Kier molecular flexibility index (Phi) is 3.83. The number of methoxy groups -OCH3 is 1. The summed E-state index contributed by atoms with van der Waals surface area (Å²) in [5.74, 6) is 1.37. The standard InChI is InChI=1S/C10H11O2S/c1-8(11)13-7-9-4-3-5-10(6-9)12-2/h3-5H,7H2,1-2H3. The van der Waals surface area contributed by atoms with E-state index >= 15 is 0 Å². The minimum atomic E-state index is 0.121. The summed E-state index contributed by atoms with van der Waals surface area (Å²) in [6, 6.07) is 8.71. The van der Waals surface area contributed by atoms with Gasteiger partial charge in [-0.25, -0.2) is 0 Å². The van der Waals surface area contributed by atoms with Gasteiger partial charge in [0.15, 0.2) is 5.12 Å². The van der Waals surface area contributed by atoms with Crippen LogP contribution in [0.1, 0.15) is 12.5 Å². The highest BCUT2D eigenvalue weighted by Crippen LogP contribution is 2.16. The normalized spacial score (nSPS) is 9.69. The van der Waals surface area contributed by atoms with Crippen LogP contribution in [0.4, 0.5) is 0 Å². The second-order valence-electron chi connectivity index (χ2n) is 2.52. The van der Waals surface area contributed by atoms with E-state index in [1.54, 1.807) is 14.0 Å². The van der Waals surface area contributed by atoms with Crippen molar-refractivity contribution in [3.63, 3.8) is 0 Å². The van der Waals surface area contributed by atoms with Crippen LogP contribution in [-0.4, -0.2) is 12.2 Å². The molecule has 13 heavy (non-hydrogen) atoms. The van der Waals surface area contributed by atoms with E-state index in [4.69, 9.17) is 4.74 Å². The van der Waals surface area contributed by atoms with E-state index in [1.165, 1.54) is 11.8 Å². The van der Waals surface area contributed by atoms with Crippen LogP contribution in [0.25, 0.3) is 0 Å². The average Bonchev–Trinajstić information content (AvgIpc) is 2.15. The third kappa shape index (κ3) is 3.51. The molecule has 1 aromatic carbocycles. The lowest BCUT2D eigenvalue weighted by Gasteiger charge is -2.01. The second kappa shape index (κ2) is 4.92. The van der Waals surface area contributed by atoms with Gasteiger partial charge in [0.2, 0.25) is 0 Å². The molecule has 3 heteroatoms. The first-order chi connectivity index (χ1) is 6.22. The van der Waals surface area contributed by atoms with Crippen molar-refractivity contribution < 1.29 is 9.53 Å². The van der Waals surface area contributed by atoms with Crippen molar-refractivity contribution in [2.45, 2.75) is 12.7 Å². The van der Waals surface area contributed by atoms with Crippen LogP contribution in [0, 0.1) is 6.07 Å². The minimum Gasteiger partial charge on any atom is -0.496 e. The topological polar surface area (TPSA) is 26.3 Å². The Morgan fingerprint density at radius 3 is 3.00 bits per heavy atom. The number of ether oxygens (including phenoxy) is 1. The molecule has 1 rings (SSSR count). The smallest absolute Gasteiger partial charge is 0.186 e. The fourth-order valence-corrected chi connectivity index (χ4v) is 1.40. The first-order valence-corrected chi connectivity index (χ1v) is 4.89. The predicted octanol–water partition coefficient (Wildman–Crippen LogP) is 2.28. The van der Waals surface area contributed by atoms with Gasteiger partial charge in [-0.05, 0) is 11.6 Å². The largest absolute Gasteiger partial charge is 0.496 e. The van der Waals surface area contributed by atoms with Gasteiger partial charge in [0.1, 0.15) is 5.75 Å². The predicted molar refractivity (Wildman–Crippen MR) is 53.8 cm³/mol. The van der Waals surface area contributed by atoms with E-state index in [-0.39, 0.29) is 5.12 Å². The van der Waals surface area contributed by atoms with E-state index in [0.29, 0.717) is 11.5 Å². The zero-order valence-corrected chi connectivity index (χ0v) is 8.48. The highest BCUT2D eigenvalue weighted by Gasteiger charge is 1.98. The summed E-state index contributed by atoms with van der Waals surface area (Å²) in [7, 11) is 1.60. The molecular formula is C10H11O2S. The van der Waals surface area contributed by atoms with E-state index in [1.807, 2.05) is 18.2 Å². The Labute approximate surface area is 82.3 Å². The molecule has 0 aromatic heterocycles. The van der Waals surface area contributed by atoms with Crippen LogP contribution in [0.5, 0.6) is 5.75 Å². The lowest BCUT2D eigenvalue weighted by molar-refractivity contribution is -0.109. The number of benzene rings is 1. The molecule has 0 fully saturated rings. The highest BCUT2D eigenvalue weighted by atomic mass is 32.2. The molecule has 0 spiro atoms. The third-order valence-corrected chi connectivity index (χ3v) is 2.34. The zero-order chi connectivity index (χ0) is 9.68. The Bertz CT molecular complexity index is 297. The molecule has 0 bridgehead atoms. The van der Waals surface area contributed by atoms with Gasteiger partial charge in [-0.2, -0.15) is 0 Å². The van der Waals surface area contributed by atoms with Crippen molar-refractivity contribution in [2.24, 2.45) is 0 Å². The number of carbonyl (C=O) groups is 1. The summed E-state index contributed by atoms with van der Waals surface area (Å²) in [4.78, 5) is 10.7. The minimum absolute atomic E-state index is 0.121. The molecule has 0 saturated heterocycles. The van der Waals surface area contributed by atoms with Crippen molar-refractivity contribution in [3.8, 4) is 5.75 Å². The van der Waals surface area contributed by atoms with Gasteiger partial charge in [-0.15, -0.1) is 0 Å². The summed E-state index contributed by atoms with van der Waals surface area (Å²) in [6.45, 7) is 1.56. The molecule has 0 aliphatic rings. The summed E-state index contributed by atoms with van der Waals surface area (Å²) >= 11 is 1.28. The number of thioether (sulfide) groups is 1. The van der Waals surface area contributed by atoms with Crippen LogP contribution in [-0.2, 0) is 10.5 Å². The molecule has 1 aromatic rings. The summed E-state index contributed by atoms with van der Waals surface area (Å²) < 4.78 is 5.01. The number of hydrogen-bond donors (Lipinski definition) is 0.